The molecule has 0 aromatic rings. The molecule has 2 aliphatic rings. The number of nitrogens with zero attached hydrogens (tertiary/aromatic N) is 1. The van der Waals surface area contributed by atoms with Gasteiger partial charge in [-0.2, -0.15) is 0 Å². The standard InChI is InChI=1S/C25H40N4O9/c1-14(26-25(38)19-11-17(32)12-29(19)20(33)9-6-10-21(34)35)23(36)27-18(13-30)24(37)28-22(15(2)31)16-7-4-3-5-8-16/h14,16-19,22,30,32H,3-13H2,1-2H3,(H,26,38)(H,27,36)(H,28,37)(H,34,35). The zero-order valence-electron chi connectivity index (χ0n) is 22.0. The van der Waals surface area contributed by atoms with E-state index in [-0.39, 0.29) is 43.9 Å². The summed E-state index contributed by atoms with van der Waals surface area (Å²) < 4.78 is 0. The summed E-state index contributed by atoms with van der Waals surface area (Å²) in [5, 5.41) is 36.0. The lowest BCUT2D eigenvalue weighted by Gasteiger charge is -2.30. The normalized spacial score (nSPS) is 22.2. The Labute approximate surface area is 221 Å². The molecule has 6 N–H and O–H groups in total. The number of aliphatic hydroxyl groups excluding tert-OH is 2. The predicted molar refractivity (Wildman–Crippen MR) is 133 cm³/mol. The van der Waals surface area contributed by atoms with E-state index in [2.05, 4.69) is 16.0 Å². The Hall–Kier alpha value is -3.06. The molecule has 1 heterocycles. The van der Waals surface area contributed by atoms with E-state index in [0.29, 0.717) is 0 Å². The fourth-order valence-corrected chi connectivity index (χ4v) is 5.01. The molecule has 214 valence electrons. The summed E-state index contributed by atoms with van der Waals surface area (Å²) in [7, 11) is 0. The smallest absolute Gasteiger partial charge is 0.303 e. The van der Waals surface area contributed by atoms with Gasteiger partial charge in [0, 0.05) is 25.8 Å². The molecule has 5 unspecified atom stereocenters. The number of ketones is 1. The van der Waals surface area contributed by atoms with E-state index in [1.807, 2.05) is 0 Å². The monoisotopic (exact) mass is 540 g/mol. The van der Waals surface area contributed by atoms with Crippen LogP contribution >= 0.6 is 0 Å². The number of carbonyl (C=O) groups is 6. The second-order valence-corrected chi connectivity index (χ2v) is 10.2. The number of likely N-dealkylation sites (tertiary alicyclic amines) is 1. The van der Waals surface area contributed by atoms with Crippen LogP contribution in [0.3, 0.4) is 0 Å². The maximum atomic E-state index is 12.8. The van der Waals surface area contributed by atoms with E-state index in [0.717, 1.165) is 32.1 Å². The van der Waals surface area contributed by atoms with Gasteiger partial charge in [-0.3, -0.25) is 28.8 Å². The molecule has 0 spiro atoms. The Morgan fingerprint density at radius 1 is 0.947 bits per heavy atom. The van der Waals surface area contributed by atoms with Crippen LogP contribution in [0, 0.1) is 5.92 Å². The van der Waals surface area contributed by atoms with Gasteiger partial charge >= 0.3 is 5.97 Å². The van der Waals surface area contributed by atoms with Crippen LogP contribution in [0.15, 0.2) is 0 Å². The summed E-state index contributed by atoms with van der Waals surface area (Å²) in [6, 6.07) is -4.24. The number of hydrogen-bond acceptors (Lipinski definition) is 8. The SMILES string of the molecule is CC(=O)C(NC(=O)C(CO)NC(=O)C(C)NC(=O)C1CC(O)CN1C(=O)CCCC(=O)O)C1CCCCC1. The molecule has 1 saturated carbocycles. The van der Waals surface area contributed by atoms with Gasteiger partial charge < -0.3 is 36.2 Å². The first kappa shape index (κ1) is 31.2. The molecule has 1 saturated heterocycles. The minimum absolute atomic E-state index is 0.00463. The summed E-state index contributed by atoms with van der Waals surface area (Å²) in [5.41, 5.74) is 0. The van der Waals surface area contributed by atoms with Gasteiger partial charge in [0.25, 0.3) is 0 Å². The van der Waals surface area contributed by atoms with Crippen molar-refractivity contribution < 1.29 is 44.1 Å². The molecule has 1 aliphatic carbocycles. The average molecular weight is 541 g/mol. The quantitative estimate of drug-likeness (QED) is 0.166. The summed E-state index contributed by atoms with van der Waals surface area (Å²) in [5.74, 6) is -3.88. The van der Waals surface area contributed by atoms with E-state index in [4.69, 9.17) is 5.11 Å². The van der Waals surface area contributed by atoms with Gasteiger partial charge in [0.2, 0.25) is 23.6 Å². The molecule has 0 aromatic carbocycles. The fourth-order valence-electron chi connectivity index (χ4n) is 5.01. The van der Waals surface area contributed by atoms with E-state index in [1.165, 1.54) is 18.7 Å². The van der Waals surface area contributed by atoms with Crippen LogP contribution in [0.25, 0.3) is 0 Å². The molecule has 4 amide bonds. The van der Waals surface area contributed by atoms with Crippen LogP contribution in [0.2, 0.25) is 0 Å². The molecular weight excluding hydrogens is 500 g/mol. The highest BCUT2D eigenvalue weighted by Gasteiger charge is 2.39. The number of carboxylic acids is 1. The van der Waals surface area contributed by atoms with Crippen molar-refractivity contribution in [2.24, 2.45) is 5.92 Å². The maximum absolute atomic E-state index is 12.8. The minimum Gasteiger partial charge on any atom is -0.481 e. The molecule has 2 fully saturated rings. The molecular formula is C25H40N4O9. The van der Waals surface area contributed by atoms with Crippen molar-refractivity contribution in [1.82, 2.24) is 20.9 Å². The van der Waals surface area contributed by atoms with Crippen molar-refractivity contribution in [3.8, 4) is 0 Å². The lowest BCUT2D eigenvalue weighted by Crippen LogP contribution is -2.58. The third-order valence-electron chi connectivity index (χ3n) is 7.11. The highest BCUT2D eigenvalue weighted by Crippen LogP contribution is 2.27. The molecule has 2 rings (SSSR count). The third kappa shape index (κ3) is 9.05. The zero-order chi connectivity index (χ0) is 28.4. The summed E-state index contributed by atoms with van der Waals surface area (Å²) in [6.07, 6.45) is 3.40. The highest BCUT2D eigenvalue weighted by molar-refractivity contribution is 5.95. The van der Waals surface area contributed by atoms with E-state index in [9.17, 15) is 39.0 Å². The first-order chi connectivity index (χ1) is 17.9. The second kappa shape index (κ2) is 14.8. The number of nitrogens with one attached hydrogen (secondary N) is 3. The largest absolute Gasteiger partial charge is 0.481 e. The molecule has 5 atom stereocenters. The second-order valence-electron chi connectivity index (χ2n) is 10.2. The summed E-state index contributed by atoms with van der Waals surface area (Å²) >= 11 is 0. The highest BCUT2D eigenvalue weighted by atomic mass is 16.4. The Kier molecular flexibility index (Phi) is 12.1. The van der Waals surface area contributed by atoms with Crippen molar-refractivity contribution in [3.05, 3.63) is 0 Å². The molecule has 0 radical (unpaired) electrons. The summed E-state index contributed by atoms with van der Waals surface area (Å²) in [6.45, 7) is 1.95. The first-order valence-electron chi connectivity index (χ1n) is 13.2. The van der Waals surface area contributed by atoms with Gasteiger partial charge in [-0.1, -0.05) is 19.3 Å². The van der Waals surface area contributed by atoms with Crippen LogP contribution in [0.4, 0.5) is 0 Å². The molecule has 38 heavy (non-hydrogen) atoms. The average Bonchev–Trinajstić information content (AvgIpc) is 3.27. The number of β-amino-alcohol motifs (C(OH)–C–C–N with tert-alkyl or cyclic N) is 1. The van der Waals surface area contributed by atoms with Crippen LogP contribution in [0.1, 0.15) is 71.6 Å². The lowest BCUT2D eigenvalue weighted by molar-refractivity contribution is -0.140. The number of amides is 4. The van der Waals surface area contributed by atoms with Gasteiger partial charge in [-0.05, 0) is 39.0 Å². The van der Waals surface area contributed by atoms with Gasteiger partial charge in [0.05, 0.1) is 18.8 Å². The number of rotatable bonds is 13. The number of carbonyl (C=O) groups excluding carboxylic acids is 5. The van der Waals surface area contributed by atoms with Crippen molar-refractivity contribution in [2.75, 3.05) is 13.2 Å². The zero-order valence-corrected chi connectivity index (χ0v) is 22.0. The predicted octanol–water partition coefficient (Wildman–Crippen LogP) is -1.16. The topological polar surface area (TPSA) is 202 Å². The molecule has 13 heteroatoms. The molecule has 0 bridgehead atoms. The third-order valence-corrected chi connectivity index (χ3v) is 7.11. The van der Waals surface area contributed by atoms with Crippen LogP contribution in [0.5, 0.6) is 0 Å². The van der Waals surface area contributed by atoms with Crippen molar-refractivity contribution in [2.45, 2.75) is 102 Å². The first-order valence-corrected chi connectivity index (χ1v) is 13.2. The van der Waals surface area contributed by atoms with E-state index in [1.54, 1.807) is 0 Å². The van der Waals surface area contributed by atoms with Crippen molar-refractivity contribution >= 4 is 35.4 Å². The summed E-state index contributed by atoms with van der Waals surface area (Å²) in [4.78, 5) is 74.8. The number of aliphatic hydroxyl groups is 2. The van der Waals surface area contributed by atoms with Gasteiger partial charge in [0.1, 0.15) is 18.1 Å². The lowest BCUT2D eigenvalue weighted by atomic mass is 9.82. The molecule has 13 nitrogen and oxygen atoms in total. The number of hydrogen-bond donors (Lipinski definition) is 6. The Morgan fingerprint density at radius 2 is 1.61 bits per heavy atom. The minimum atomic E-state index is -1.34. The van der Waals surface area contributed by atoms with Crippen molar-refractivity contribution in [3.63, 3.8) is 0 Å². The van der Waals surface area contributed by atoms with Crippen LogP contribution in [-0.2, 0) is 28.8 Å². The van der Waals surface area contributed by atoms with Crippen LogP contribution in [-0.4, -0.2) is 99.0 Å². The number of aliphatic carboxylic acids is 1. The van der Waals surface area contributed by atoms with Crippen molar-refractivity contribution in [1.29, 1.82) is 0 Å². The van der Waals surface area contributed by atoms with E-state index >= 15 is 0 Å². The fraction of sp³-hybridized carbons (Fsp3) is 0.760. The van der Waals surface area contributed by atoms with Gasteiger partial charge in [-0.25, -0.2) is 0 Å². The van der Waals surface area contributed by atoms with Gasteiger partial charge in [-0.15, -0.1) is 0 Å². The Balaban J connectivity index is 1.93. The molecule has 0 aromatic heterocycles. The Morgan fingerprint density at radius 3 is 2.18 bits per heavy atom. The number of Topliss-reactive ketones (excluding diaryl/α,β-unsaturated/α-hetero) is 1. The maximum Gasteiger partial charge on any atom is 0.303 e. The molecule has 1 aliphatic heterocycles. The van der Waals surface area contributed by atoms with Crippen LogP contribution < -0.4 is 16.0 Å². The Bertz CT molecular complexity index is 890. The van der Waals surface area contributed by atoms with Gasteiger partial charge in [0.15, 0.2) is 5.78 Å². The number of carboxylic acid groups (broad SMARTS) is 1. The van der Waals surface area contributed by atoms with E-state index < -0.39 is 66.5 Å².